The molecule has 0 aliphatic rings. The maximum atomic E-state index is 11.7. The Labute approximate surface area is 155 Å². The fourth-order valence-electron chi connectivity index (χ4n) is 1.80. The van der Waals surface area contributed by atoms with Crippen LogP contribution in [0.25, 0.3) is 0 Å². The molecule has 0 aromatic heterocycles. The van der Waals surface area contributed by atoms with E-state index in [1.165, 1.54) is 13.1 Å². The minimum Gasteiger partial charge on any atom is -0.482 e. The van der Waals surface area contributed by atoms with Gasteiger partial charge in [-0.2, -0.15) is 5.10 Å². The first kappa shape index (κ1) is 19.3. The smallest absolute Gasteiger partial charge is 0.344 e. The van der Waals surface area contributed by atoms with E-state index in [2.05, 4.69) is 10.5 Å². The third-order valence-electron chi connectivity index (χ3n) is 3.14. The number of amides is 1. The summed E-state index contributed by atoms with van der Waals surface area (Å²) in [5.74, 6) is -0.637. The summed E-state index contributed by atoms with van der Waals surface area (Å²) in [6.45, 7) is 1.22. The summed E-state index contributed by atoms with van der Waals surface area (Å²) in [7, 11) is 0. The summed E-state index contributed by atoms with van der Waals surface area (Å²) in [6, 6.07) is 13.4. The minimum atomic E-state index is -1.04. The van der Waals surface area contributed by atoms with E-state index in [0.29, 0.717) is 22.1 Å². The lowest BCUT2D eigenvalue weighted by Crippen LogP contribution is -2.24. The Balaban J connectivity index is 1.79. The molecule has 2 aromatic carbocycles. The highest BCUT2D eigenvalue weighted by Crippen LogP contribution is 2.22. The Morgan fingerprint density at radius 3 is 2.58 bits per heavy atom. The van der Waals surface area contributed by atoms with Crippen molar-refractivity contribution in [3.8, 4) is 11.5 Å². The van der Waals surface area contributed by atoms with Gasteiger partial charge in [0.1, 0.15) is 11.5 Å². The number of aliphatic carboxylic acids is 1. The SMILES string of the molecule is C[C@@H](Oc1ccc(/C=N\NC(=O)COc2ccccc2Cl)cc1)C(=O)O. The van der Waals surface area contributed by atoms with Crippen LogP contribution in [0.4, 0.5) is 0 Å². The second kappa shape index (κ2) is 9.43. The van der Waals surface area contributed by atoms with Crippen LogP contribution in [-0.4, -0.2) is 35.9 Å². The predicted molar refractivity (Wildman–Crippen MR) is 96.9 cm³/mol. The van der Waals surface area contributed by atoms with Gasteiger partial charge >= 0.3 is 5.97 Å². The average Bonchev–Trinajstić information content (AvgIpc) is 2.62. The monoisotopic (exact) mass is 376 g/mol. The average molecular weight is 377 g/mol. The number of hydrogen-bond donors (Lipinski definition) is 2. The molecule has 0 saturated carbocycles. The van der Waals surface area contributed by atoms with E-state index < -0.39 is 18.0 Å². The molecule has 0 radical (unpaired) electrons. The van der Waals surface area contributed by atoms with Crippen molar-refractivity contribution in [1.82, 2.24) is 5.43 Å². The van der Waals surface area contributed by atoms with Gasteiger partial charge in [0, 0.05) is 0 Å². The van der Waals surface area contributed by atoms with Gasteiger partial charge in [-0.1, -0.05) is 23.7 Å². The maximum Gasteiger partial charge on any atom is 0.344 e. The molecule has 1 atom stereocenters. The number of ether oxygens (including phenoxy) is 2. The highest BCUT2D eigenvalue weighted by Gasteiger charge is 2.11. The Hall–Kier alpha value is -3.06. The lowest BCUT2D eigenvalue weighted by molar-refractivity contribution is -0.144. The summed E-state index contributed by atoms with van der Waals surface area (Å²) in [4.78, 5) is 22.4. The predicted octanol–water partition coefficient (Wildman–Crippen LogP) is 2.72. The molecule has 0 unspecified atom stereocenters. The van der Waals surface area contributed by atoms with Crippen LogP contribution < -0.4 is 14.9 Å². The van der Waals surface area contributed by atoms with E-state index in [1.54, 1.807) is 48.5 Å². The maximum absolute atomic E-state index is 11.7. The number of carboxylic acid groups (broad SMARTS) is 1. The molecule has 0 fully saturated rings. The van der Waals surface area contributed by atoms with E-state index in [-0.39, 0.29) is 6.61 Å². The van der Waals surface area contributed by atoms with Gasteiger partial charge in [-0.05, 0) is 48.9 Å². The summed E-state index contributed by atoms with van der Waals surface area (Å²) in [5, 5.41) is 13.0. The van der Waals surface area contributed by atoms with Gasteiger partial charge in [0.15, 0.2) is 12.7 Å². The van der Waals surface area contributed by atoms with E-state index in [1.807, 2.05) is 0 Å². The second-order valence-corrected chi connectivity index (χ2v) is 5.59. The van der Waals surface area contributed by atoms with Gasteiger partial charge in [0.25, 0.3) is 5.91 Å². The Morgan fingerprint density at radius 1 is 1.23 bits per heavy atom. The zero-order valence-corrected chi connectivity index (χ0v) is 14.6. The number of nitrogens with one attached hydrogen (secondary N) is 1. The second-order valence-electron chi connectivity index (χ2n) is 5.18. The number of carboxylic acids is 1. The quantitative estimate of drug-likeness (QED) is 0.545. The van der Waals surface area contributed by atoms with E-state index >= 15 is 0 Å². The molecular formula is C18H17ClN2O5. The molecule has 0 spiro atoms. The number of hydrazone groups is 1. The van der Waals surface area contributed by atoms with Gasteiger partial charge in [-0.3, -0.25) is 4.79 Å². The third-order valence-corrected chi connectivity index (χ3v) is 3.45. The first-order valence-electron chi connectivity index (χ1n) is 7.64. The highest BCUT2D eigenvalue weighted by molar-refractivity contribution is 6.32. The molecule has 2 aromatic rings. The van der Waals surface area contributed by atoms with E-state index in [0.717, 1.165) is 0 Å². The molecule has 2 N–H and O–H groups in total. The van der Waals surface area contributed by atoms with Crippen LogP contribution in [0.1, 0.15) is 12.5 Å². The van der Waals surface area contributed by atoms with Crippen LogP contribution in [0.5, 0.6) is 11.5 Å². The van der Waals surface area contributed by atoms with Crippen LogP contribution in [0.3, 0.4) is 0 Å². The van der Waals surface area contributed by atoms with Crippen molar-refractivity contribution in [1.29, 1.82) is 0 Å². The van der Waals surface area contributed by atoms with E-state index in [9.17, 15) is 9.59 Å². The fourth-order valence-corrected chi connectivity index (χ4v) is 1.99. The Kier molecular flexibility index (Phi) is 6.99. The highest BCUT2D eigenvalue weighted by atomic mass is 35.5. The van der Waals surface area contributed by atoms with Crippen molar-refractivity contribution in [2.45, 2.75) is 13.0 Å². The number of rotatable bonds is 8. The molecule has 26 heavy (non-hydrogen) atoms. The molecule has 0 aliphatic carbocycles. The molecular weight excluding hydrogens is 360 g/mol. The number of nitrogens with zero attached hydrogens (tertiary/aromatic N) is 1. The van der Waals surface area contributed by atoms with Gasteiger partial charge in [-0.15, -0.1) is 0 Å². The first-order valence-corrected chi connectivity index (χ1v) is 8.02. The van der Waals surface area contributed by atoms with Crippen molar-refractivity contribution in [2.75, 3.05) is 6.61 Å². The molecule has 2 rings (SSSR count). The third kappa shape index (κ3) is 6.10. The van der Waals surface area contributed by atoms with Crippen LogP contribution in [0.2, 0.25) is 5.02 Å². The van der Waals surface area contributed by atoms with Crippen molar-refractivity contribution in [3.05, 3.63) is 59.1 Å². The van der Waals surface area contributed by atoms with Gasteiger partial charge in [0.05, 0.1) is 11.2 Å². The number of halogens is 1. The van der Waals surface area contributed by atoms with Gasteiger partial charge in [0.2, 0.25) is 0 Å². The summed E-state index contributed by atoms with van der Waals surface area (Å²) < 4.78 is 10.5. The topological polar surface area (TPSA) is 97.2 Å². The number of para-hydroxylation sites is 1. The van der Waals surface area contributed by atoms with Crippen LogP contribution in [0, 0.1) is 0 Å². The Morgan fingerprint density at radius 2 is 1.92 bits per heavy atom. The number of hydrogen-bond acceptors (Lipinski definition) is 5. The summed E-state index contributed by atoms with van der Waals surface area (Å²) in [6.07, 6.45) is 0.504. The van der Waals surface area contributed by atoms with Crippen LogP contribution in [0.15, 0.2) is 53.6 Å². The largest absolute Gasteiger partial charge is 0.482 e. The zero-order chi connectivity index (χ0) is 18.9. The van der Waals surface area contributed by atoms with Crippen molar-refractivity contribution < 1.29 is 24.2 Å². The molecule has 1 amide bonds. The fraction of sp³-hybridized carbons (Fsp3) is 0.167. The molecule has 136 valence electrons. The number of benzene rings is 2. The zero-order valence-electron chi connectivity index (χ0n) is 13.9. The molecule has 0 aliphatic heterocycles. The number of carbonyl (C=O) groups excluding carboxylic acids is 1. The van der Waals surface area contributed by atoms with Gasteiger partial charge < -0.3 is 14.6 Å². The Bertz CT molecular complexity index is 792. The van der Waals surface area contributed by atoms with Gasteiger partial charge in [-0.25, -0.2) is 10.2 Å². The normalized spacial score (nSPS) is 11.8. The van der Waals surface area contributed by atoms with Crippen LogP contribution >= 0.6 is 11.6 Å². The van der Waals surface area contributed by atoms with Crippen LogP contribution in [-0.2, 0) is 9.59 Å². The summed E-state index contributed by atoms with van der Waals surface area (Å²) >= 11 is 5.92. The minimum absolute atomic E-state index is 0.221. The lowest BCUT2D eigenvalue weighted by atomic mass is 10.2. The van der Waals surface area contributed by atoms with Crippen molar-refractivity contribution in [3.63, 3.8) is 0 Å². The van der Waals surface area contributed by atoms with Crippen molar-refractivity contribution in [2.24, 2.45) is 5.10 Å². The first-order chi connectivity index (χ1) is 12.5. The molecule has 8 heteroatoms. The van der Waals surface area contributed by atoms with Crippen molar-refractivity contribution >= 4 is 29.7 Å². The van der Waals surface area contributed by atoms with E-state index in [4.69, 9.17) is 26.2 Å². The number of carbonyl (C=O) groups is 2. The molecule has 0 heterocycles. The standard InChI is InChI=1S/C18H17ClN2O5/c1-12(18(23)24)26-14-8-6-13(7-9-14)10-20-21-17(22)11-25-16-5-3-2-4-15(16)19/h2-10,12H,11H2,1H3,(H,21,22)(H,23,24)/b20-10-/t12-/m1/s1. The summed E-state index contributed by atoms with van der Waals surface area (Å²) in [5.41, 5.74) is 3.04. The molecule has 0 saturated heterocycles. The molecule has 7 nitrogen and oxygen atoms in total. The molecule has 0 bridgehead atoms. The lowest BCUT2D eigenvalue weighted by Gasteiger charge is -2.09.